The van der Waals surface area contributed by atoms with Crippen molar-refractivity contribution in [2.75, 3.05) is 11.9 Å². The molecule has 0 bridgehead atoms. The van der Waals surface area contributed by atoms with Gasteiger partial charge in [-0.25, -0.2) is 4.79 Å². The Bertz CT molecular complexity index is 766. The van der Waals surface area contributed by atoms with Crippen molar-refractivity contribution in [1.29, 1.82) is 0 Å². The van der Waals surface area contributed by atoms with Crippen LogP contribution in [0, 0.1) is 10.1 Å². The first-order chi connectivity index (χ1) is 11.7. The predicted molar refractivity (Wildman–Crippen MR) is 92.8 cm³/mol. The van der Waals surface area contributed by atoms with E-state index in [2.05, 4.69) is 21.2 Å². The molecule has 1 unspecified atom stereocenters. The van der Waals surface area contributed by atoms with Gasteiger partial charge in [0.15, 0.2) is 5.54 Å². The van der Waals surface area contributed by atoms with Crippen molar-refractivity contribution >= 4 is 33.6 Å². The fourth-order valence-electron chi connectivity index (χ4n) is 3.47. The fourth-order valence-corrected chi connectivity index (χ4v) is 3.72. The van der Waals surface area contributed by atoms with E-state index in [1.54, 1.807) is 0 Å². The number of hydrogen-bond donors (Lipinski definition) is 1. The summed E-state index contributed by atoms with van der Waals surface area (Å²) in [4.78, 5) is 37.3. The summed E-state index contributed by atoms with van der Waals surface area (Å²) in [5.41, 5.74) is -1.87. The molecule has 2 heterocycles. The summed E-state index contributed by atoms with van der Waals surface area (Å²) in [6, 6.07) is 3.65. The third-order valence-electron chi connectivity index (χ3n) is 4.40. The number of nitro benzene ring substituents is 1. The van der Waals surface area contributed by atoms with Gasteiger partial charge < -0.3 is 10.1 Å². The van der Waals surface area contributed by atoms with E-state index in [0.717, 1.165) is 0 Å². The number of carbonyl (C=O) groups excluding carboxylic acids is 2. The lowest BCUT2D eigenvalue weighted by molar-refractivity contribution is -0.385. The summed E-state index contributed by atoms with van der Waals surface area (Å²) in [7, 11) is 0. The zero-order valence-corrected chi connectivity index (χ0v) is 15.5. The van der Waals surface area contributed by atoms with E-state index in [-0.39, 0.29) is 18.7 Å². The number of alkyl halides is 1. The summed E-state index contributed by atoms with van der Waals surface area (Å²) >= 11 is 3.29. The normalized spacial score (nSPS) is 24.0. The Morgan fingerprint density at radius 2 is 2.12 bits per heavy atom. The number of benzene rings is 1. The van der Waals surface area contributed by atoms with E-state index in [9.17, 15) is 19.7 Å². The lowest BCUT2D eigenvalue weighted by Gasteiger charge is -2.42. The fraction of sp³-hybridized carbons (Fsp3) is 0.500. The number of fused-ring (bicyclic) bond motifs is 2. The van der Waals surface area contributed by atoms with Crippen LogP contribution in [0.2, 0.25) is 0 Å². The summed E-state index contributed by atoms with van der Waals surface area (Å²) < 4.78 is 5.89. The van der Waals surface area contributed by atoms with Crippen molar-refractivity contribution in [1.82, 2.24) is 10.2 Å². The highest BCUT2D eigenvalue weighted by Crippen LogP contribution is 2.47. The Kier molecular flexibility index (Phi) is 4.22. The molecule has 0 radical (unpaired) electrons. The van der Waals surface area contributed by atoms with E-state index in [1.807, 2.05) is 13.8 Å². The Balaban J connectivity index is 2.12. The predicted octanol–water partition coefficient (Wildman–Crippen LogP) is 2.69. The molecule has 3 rings (SSSR count). The molecule has 1 saturated heterocycles. The van der Waals surface area contributed by atoms with Crippen molar-refractivity contribution in [2.24, 2.45) is 0 Å². The van der Waals surface area contributed by atoms with Crippen LogP contribution in [-0.2, 0) is 10.3 Å². The highest BCUT2D eigenvalue weighted by atomic mass is 79.9. The van der Waals surface area contributed by atoms with Gasteiger partial charge in [-0.05, 0) is 26.3 Å². The number of nitrogens with one attached hydrogen (secondary N) is 1. The lowest BCUT2D eigenvalue weighted by Crippen LogP contribution is -2.53. The molecule has 0 saturated carbocycles. The Morgan fingerprint density at radius 3 is 2.76 bits per heavy atom. The molecule has 1 N–H and O–H groups in total. The molecule has 0 aromatic heterocycles. The van der Waals surface area contributed by atoms with Crippen LogP contribution in [0.5, 0.6) is 5.75 Å². The number of nitrogens with zero attached hydrogens (tertiary/aromatic N) is 2. The maximum Gasteiger partial charge on any atom is 0.325 e. The molecule has 1 aromatic carbocycles. The van der Waals surface area contributed by atoms with Crippen LogP contribution in [0.25, 0.3) is 0 Å². The second kappa shape index (κ2) is 5.98. The highest BCUT2D eigenvalue weighted by molar-refractivity contribution is 9.09. The molecular weight excluding hydrogens is 394 g/mol. The van der Waals surface area contributed by atoms with Gasteiger partial charge in [0.1, 0.15) is 11.4 Å². The maximum atomic E-state index is 13.1. The quantitative estimate of drug-likeness (QED) is 0.355. The summed E-state index contributed by atoms with van der Waals surface area (Å²) in [6.45, 7) is 3.92. The second-order valence-corrected chi connectivity index (χ2v) is 7.60. The average molecular weight is 412 g/mol. The first-order valence-corrected chi connectivity index (χ1v) is 9.00. The van der Waals surface area contributed by atoms with E-state index in [0.29, 0.717) is 23.1 Å². The van der Waals surface area contributed by atoms with Crippen LogP contribution in [0.3, 0.4) is 0 Å². The van der Waals surface area contributed by atoms with Crippen LogP contribution in [-0.4, -0.2) is 39.2 Å². The first kappa shape index (κ1) is 17.7. The van der Waals surface area contributed by atoms with Crippen molar-refractivity contribution in [3.63, 3.8) is 0 Å². The molecule has 25 heavy (non-hydrogen) atoms. The van der Waals surface area contributed by atoms with Gasteiger partial charge in [0.2, 0.25) is 0 Å². The van der Waals surface area contributed by atoms with Gasteiger partial charge >= 0.3 is 6.03 Å². The Labute approximate surface area is 152 Å². The van der Waals surface area contributed by atoms with Gasteiger partial charge in [-0.3, -0.25) is 19.8 Å². The van der Waals surface area contributed by atoms with Gasteiger partial charge in [0, 0.05) is 36.0 Å². The number of nitro groups is 1. The number of ether oxygens (including phenoxy) is 1. The summed E-state index contributed by atoms with van der Waals surface area (Å²) in [6.07, 6.45) is 0.820. The molecule has 2 aliphatic rings. The molecular formula is C16H18BrN3O5. The van der Waals surface area contributed by atoms with Gasteiger partial charge in [-0.2, -0.15) is 0 Å². The van der Waals surface area contributed by atoms with E-state index >= 15 is 0 Å². The lowest BCUT2D eigenvalue weighted by atomic mass is 9.77. The summed E-state index contributed by atoms with van der Waals surface area (Å²) in [5, 5.41) is 14.6. The zero-order chi connectivity index (χ0) is 18.4. The molecule has 1 atom stereocenters. The van der Waals surface area contributed by atoms with Crippen molar-refractivity contribution in [3.8, 4) is 5.75 Å². The smallest absolute Gasteiger partial charge is 0.325 e. The number of non-ortho nitro benzene ring substituents is 1. The molecule has 1 aromatic rings. The number of amides is 3. The van der Waals surface area contributed by atoms with Gasteiger partial charge in [0.05, 0.1) is 4.92 Å². The number of urea groups is 1. The maximum absolute atomic E-state index is 13.1. The minimum atomic E-state index is -1.34. The van der Waals surface area contributed by atoms with Gasteiger partial charge in [-0.15, -0.1) is 0 Å². The van der Waals surface area contributed by atoms with E-state index in [4.69, 9.17) is 4.74 Å². The number of imide groups is 1. The third-order valence-corrected chi connectivity index (χ3v) is 4.96. The average Bonchev–Trinajstić information content (AvgIpc) is 2.75. The summed E-state index contributed by atoms with van der Waals surface area (Å²) in [5.74, 6) is -0.0191. The largest absolute Gasteiger partial charge is 0.487 e. The standard InChI is InChI=1S/C16H18BrN3O5/c1-15(2)9-16(13(21)19(7-3-6-17)14(22)18-16)11-8-10(20(23)24)4-5-12(11)25-15/h4-5,8H,3,6-7,9H2,1-2H3,(H,18,22). The van der Waals surface area contributed by atoms with Gasteiger partial charge in [0.25, 0.3) is 11.6 Å². The molecule has 8 nitrogen and oxygen atoms in total. The molecule has 1 fully saturated rings. The van der Waals surface area contributed by atoms with E-state index in [1.165, 1.54) is 23.1 Å². The van der Waals surface area contributed by atoms with Crippen LogP contribution in [0.15, 0.2) is 18.2 Å². The molecule has 134 valence electrons. The molecule has 1 spiro atoms. The van der Waals surface area contributed by atoms with E-state index < -0.39 is 28.0 Å². The number of carbonyl (C=O) groups is 2. The minimum absolute atomic E-state index is 0.151. The SMILES string of the molecule is CC1(C)CC2(NC(=O)N(CCCBr)C2=O)c2cc([N+](=O)[O-])ccc2O1. The third kappa shape index (κ3) is 2.86. The van der Waals surface area contributed by atoms with Crippen LogP contribution in [0.4, 0.5) is 10.5 Å². The van der Waals surface area contributed by atoms with Crippen molar-refractivity contribution < 1.29 is 19.2 Å². The highest BCUT2D eigenvalue weighted by Gasteiger charge is 2.58. The van der Waals surface area contributed by atoms with Crippen LogP contribution < -0.4 is 10.1 Å². The second-order valence-electron chi connectivity index (χ2n) is 6.81. The van der Waals surface area contributed by atoms with Crippen molar-refractivity contribution in [2.45, 2.75) is 37.8 Å². The Morgan fingerprint density at radius 1 is 1.40 bits per heavy atom. The van der Waals surface area contributed by atoms with Crippen molar-refractivity contribution in [3.05, 3.63) is 33.9 Å². The number of halogens is 1. The first-order valence-electron chi connectivity index (χ1n) is 7.88. The topological polar surface area (TPSA) is 102 Å². The Hall–Kier alpha value is -2.16. The molecule has 0 aliphatic carbocycles. The number of hydrogen-bond acceptors (Lipinski definition) is 5. The zero-order valence-electron chi connectivity index (χ0n) is 13.9. The number of rotatable bonds is 4. The molecule has 2 aliphatic heterocycles. The minimum Gasteiger partial charge on any atom is -0.487 e. The van der Waals surface area contributed by atoms with Crippen LogP contribution >= 0.6 is 15.9 Å². The van der Waals surface area contributed by atoms with Gasteiger partial charge in [-0.1, -0.05) is 15.9 Å². The monoisotopic (exact) mass is 411 g/mol. The van der Waals surface area contributed by atoms with Crippen LogP contribution in [0.1, 0.15) is 32.3 Å². The molecule has 3 amide bonds. The molecule has 9 heteroatoms.